The highest BCUT2D eigenvalue weighted by molar-refractivity contribution is 6.34. The predicted molar refractivity (Wildman–Crippen MR) is 138 cm³/mol. The van der Waals surface area contributed by atoms with Gasteiger partial charge in [0.2, 0.25) is 0 Å². The van der Waals surface area contributed by atoms with Crippen LogP contribution in [-0.4, -0.2) is 53.0 Å². The Morgan fingerprint density at radius 2 is 1.79 bits per heavy atom. The molecule has 0 bridgehead atoms. The molecule has 1 saturated heterocycles. The van der Waals surface area contributed by atoms with Gasteiger partial charge in [0.25, 0.3) is 5.91 Å². The number of carbonyl (C=O) groups is 1. The molecule has 1 aliphatic rings. The number of nitrogens with zero attached hydrogens (tertiary/aromatic N) is 3. The van der Waals surface area contributed by atoms with Crippen molar-refractivity contribution in [1.82, 2.24) is 14.4 Å². The Morgan fingerprint density at radius 3 is 2.48 bits per heavy atom. The largest absolute Gasteiger partial charge is 0.347 e. The second kappa shape index (κ2) is 11.2. The van der Waals surface area contributed by atoms with E-state index in [1.54, 1.807) is 0 Å². The molecule has 0 atom stereocenters. The smallest absolute Gasteiger partial charge is 0.255 e. The quantitative estimate of drug-likeness (QED) is 0.380. The molecule has 0 N–H and O–H groups in total. The van der Waals surface area contributed by atoms with Crippen LogP contribution in [0.2, 0.25) is 5.02 Å². The van der Waals surface area contributed by atoms with Crippen molar-refractivity contribution in [3.63, 3.8) is 0 Å². The maximum absolute atomic E-state index is 13.3. The zero-order valence-corrected chi connectivity index (χ0v) is 20.7. The second-order valence-corrected chi connectivity index (χ2v) is 9.61. The third-order valence-electron chi connectivity index (χ3n) is 7.13. The standard InChI is InChI=1S/C28H36ClN3O/c1-3-30(4-2)14-8-15-31-18-13-24-20-25(26(29)21-27(24)31)28(33)32-16-11-23(12-17-32)19-22-9-6-5-7-10-22/h5-7,9-10,13,18,20-21,23H,3-4,8,11-12,14-17,19H2,1-2H3. The molecule has 4 rings (SSSR count). The zero-order valence-electron chi connectivity index (χ0n) is 20.0. The van der Waals surface area contributed by atoms with Crippen molar-refractivity contribution in [2.75, 3.05) is 32.7 Å². The number of aryl methyl sites for hydroxylation is 1. The fourth-order valence-electron chi connectivity index (χ4n) is 5.03. The molecule has 0 aliphatic carbocycles. The minimum absolute atomic E-state index is 0.0642. The first-order chi connectivity index (χ1) is 16.1. The van der Waals surface area contributed by atoms with Crippen LogP contribution in [0.4, 0.5) is 0 Å². The van der Waals surface area contributed by atoms with E-state index in [2.05, 4.69) is 65.9 Å². The number of amides is 1. The molecule has 176 valence electrons. The summed E-state index contributed by atoms with van der Waals surface area (Å²) in [5.41, 5.74) is 3.13. The molecule has 1 fully saturated rings. The molecule has 5 heteroatoms. The summed E-state index contributed by atoms with van der Waals surface area (Å²) in [4.78, 5) is 17.7. The lowest BCUT2D eigenvalue weighted by Crippen LogP contribution is -2.39. The topological polar surface area (TPSA) is 28.5 Å². The minimum atomic E-state index is 0.0642. The van der Waals surface area contributed by atoms with Crippen LogP contribution in [-0.2, 0) is 13.0 Å². The van der Waals surface area contributed by atoms with Crippen LogP contribution >= 0.6 is 11.6 Å². The number of hydrogen-bond donors (Lipinski definition) is 0. The maximum Gasteiger partial charge on any atom is 0.255 e. The summed E-state index contributed by atoms with van der Waals surface area (Å²) < 4.78 is 2.26. The first-order valence-corrected chi connectivity index (χ1v) is 12.8. The van der Waals surface area contributed by atoms with Gasteiger partial charge in [0.1, 0.15) is 0 Å². The number of rotatable bonds is 9. The van der Waals surface area contributed by atoms with E-state index >= 15 is 0 Å². The third-order valence-corrected chi connectivity index (χ3v) is 7.44. The number of hydrogen-bond acceptors (Lipinski definition) is 2. The van der Waals surface area contributed by atoms with Crippen molar-refractivity contribution in [2.45, 2.75) is 46.1 Å². The molecule has 1 aromatic heterocycles. The Hall–Kier alpha value is -2.30. The normalized spacial score (nSPS) is 15.0. The molecule has 1 amide bonds. The lowest BCUT2D eigenvalue weighted by molar-refractivity contribution is 0.0691. The number of piperidine rings is 1. The molecular formula is C28H36ClN3O. The Kier molecular flexibility index (Phi) is 8.11. The number of halogens is 1. The van der Waals surface area contributed by atoms with Crippen LogP contribution in [0.5, 0.6) is 0 Å². The Labute approximate surface area is 203 Å². The van der Waals surface area contributed by atoms with Gasteiger partial charge in [-0.05, 0) is 75.0 Å². The molecule has 2 aromatic carbocycles. The maximum atomic E-state index is 13.3. The van der Waals surface area contributed by atoms with Gasteiger partial charge in [-0.15, -0.1) is 0 Å². The van der Waals surface area contributed by atoms with Crippen LogP contribution in [0.3, 0.4) is 0 Å². The molecule has 33 heavy (non-hydrogen) atoms. The van der Waals surface area contributed by atoms with E-state index in [1.165, 1.54) is 5.56 Å². The molecule has 0 spiro atoms. The predicted octanol–water partition coefficient (Wildman–Crippen LogP) is 6.12. The number of likely N-dealkylation sites (tertiary alicyclic amines) is 1. The number of fused-ring (bicyclic) bond motifs is 1. The summed E-state index contributed by atoms with van der Waals surface area (Å²) in [6, 6.07) is 16.7. The minimum Gasteiger partial charge on any atom is -0.347 e. The van der Waals surface area contributed by atoms with Gasteiger partial charge in [-0.25, -0.2) is 0 Å². The van der Waals surface area contributed by atoms with Crippen molar-refractivity contribution in [3.05, 3.63) is 70.9 Å². The van der Waals surface area contributed by atoms with Gasteiger partial charge in [-0.1, -0.05) is 55.8 Å². The van der Waals surface area contributed by atoms with E-state index in [1.807, 2.05) is 17.0 Å². The van der Waals surface area contributed by atoms with Crippen LogP contribution in [0.15, 0.2) is 54.7 Å². The summed E-state index contributed by atoms with van der Waals surface area (Å²) in [6.45, 7) is 10.2. The Balaban J connectivity index is 1.38. The molecule has 4 nitrogen and oxygen atoms in total. The SMILES string of the molecule is CCN(CC)CCCn1ccc2cc(C(=O)N3CCC(Cc4ccccc4)CC3)c(Cl)cc21. The van der Waals surface area contributed by atoms with Crippen LogP contribution < -0.4 is 0 Å². The van der Waals surface area contributed by atoms with Gasteiger partial charge < -0.3 is 14.4 Å². The highest BCUT2D eigenvalue weighted by atomic mass is 35.5. The molecule has 0 radical (unpaired) electrons. The van der Waals surface area contributed by atoms with Crippen molar-refractivity contribution in [1.29, 1.82) is 0 Å². The van der Waals surface area contributed by atoms with Crippen molar-refractivity contribution in [2.24, 2.45) is 5.92 Å². The number of benzene rings is 2. The molecular weight excluding hydrogens is 430 g/mol. The van der Waals surface area contributed by atoms with E-state index in [9.17, 15) is 4.79 Å². The molecule has 1 aliphatic heterocycles. The zero-order chi connectivity index (χ0) is 23.2. The number of carbonyl (C=O) groups excluding carboxylic acids is 1. The highest BCUT2D eigenvalue weighted by Crippen LogP contribution is 2.29. The molecule has 0 saturated carbocycles. The fraction of sp³-hybridized carbons (Fsp3) is 0.464. The third kappa shape index (κ3) is 5.80. The van der Waals surface area contributed by atoms with Crippen LogP contribution in [0, 0.1) is 5.92 Å². The first kappa shape index (κ1) is 23.8. The monoisotopic (exact) mass is 465 g/mol. The van der Waals surface area contributed by atoms with Gasteiger partial charge in [0.05, 0.1) is 10.6 Å². The van der Waals surface area contributed by atoms with Gasteiger partial charge in [0, 0.05) is 36.7 Å². The van der Waals surface area contributed by atoms with E-state index < -0.39 is 0 Å². The van der Waals surface area contributed by atoms with Gasteiger partial charge in [0.15, 0.2) is 0 Å². The summed E-state index contributed by atoms with van der Waals surface area (Å²) in [5.74, 6) is 0.703. The van der Waals surface area contributed by atoms with Crippen molar-refractivity contribution >= 4 is 28.4 Å². The first-order valence-electron chi connectivity index (χ1n) is 12.4. The summed E-state index contributed by atoms with van der Waals surface area (Å²) in [6.07, 6.45) is 6.40. The van der Waals surface area contributed by atoms with E-state index in [0.29, 0.717) is 16.5 Å². The second-order valence-electron chi connectivity index (χ2n) is 9.21. The Morgan fingerprint density at radius 1 is 1.06 bits per heavy atom. The number of aromatic nitrogens is 1. The van der Waals surface area contributed by atoms with Crippen molar-refractivity contribution in [3.8, 4) is 0 Å². The summed E-state index contributed by atoms with van der Waals surface area (Å²) in [7, 11) is 0. The van der Waals surface area contributed by atoms with Crippen LogP contribution in [0.1, 0.15) is 49.0 Å². The summed E-state index contributed by atoms with van der Waals surface area (Å²) in [5, 5.41) is 1.65. The fourth-order valence-corrected chi connectivity index (χ4v) is 5.27. The van der Waals surface area contributed by atoms with E-state index in [-0.39, 0.29) is 5.91 Å². The lowest BCUT2D eigenvalue weighted by atomic mass is 9.90. The van der Waals surface area contributed by atoms with E-state index in [4.69, 9.17) is 11.6 Å². The Bertz CT molecular complexity index is 1050. The average Bonchev–Trinajstić information content (AvgIpc) is 3.23. The average molecular weight is 466 g/mol. The summed E-state index contributed by atoms with van der Waals surface area (Å²) >= 11 is 6.64. The van der Waals surface area contributed by atoms with Gasteiger partial charge in [-0.2, -0.15) is 0 Å². The van der Waals surface area contributed by atoms with Gasteiger partial charge >= 0.3 is 0 Å². The lowest BCUT2D eigenvalue weighted by Gasteiger charge is -2.32. The molecule has 0 unspecified atom stereocenters. The van der Waals surface area contributed by atoms with Crippen molar-refractivity contribution < 1.29 is 4.79 Å². The molecule has 3 aromatic rings. The van der Waals surface area contributed by atoms with Crippen LogP contribution in [0.25, 0.3) is 10.9 Å². The molecule has 2 heterocycles. The van der Waals surface area contributed by atoms with Gasteiger partial charge in [-0.3, -0.25) is 4.79 Å². The highest BCUT2D eigenvalue weighted by Gasteiger charge is 2.25. The van der Waals surface area contributed by atoms with E-state index in [0.717, 1.165) is 75.9 Å².